The van der Waals surface area contributed by atoms with Crippen LogP contribution in [-0.4, -0.2) is 52.9 Å². The first-order chi connectivity index (χ1) is 17.3. The first-order valence-electron chi connectivity index (χ1n) is 11.6. The van der Waals surface area contributed by atoms with Gasteiger partial charge >= 0.3 is 12.1 Å². The Labute approximate surface area is 210 Å². The molecule has 0 fully saturated rings. The third kappa shape index (κ3) is 7.54. The Hall–Kier alpha value is -3.92. The number of alkyl carbamates (subject to hydrolysis) is 1. The van der Waals surface area contributed by atoms with Gasteiger partial charge in [-0.2, -0.15) is 5.10 Å². The number of benzene rings is 2. The second-order valence-corrected chi connectivity index (χ2v) is 8.68. The molecule has 1 aromatic heterocycles. The smallest absolute Gasteiger partial charge is 0.409 e. The SMILES string of the molecule is CCOCNC(=O)OC(C(Oc1ccc(-c2ccccc2)cc1)n1cncn1)C(C)(C)COC(C)=O. The van der Waals surface area contributed by atoms with Gasteiger partial charge in [0.15, 0.2) is 6.10 Å². The number of hydrogen-bond donors (Lipinski definition) is 1. The second kappa shape index (κ2) is 12.7. The Balaban J connectivity index is 1.89. The van der Waals surface area contributed by atoms with E-state index in [0.29, 0.717) is 12.4 Å². The van der Waals surface area contributed by atoms with Gasteiger partial charge in [-0.3, -0.25) is 10.1 Å². The van der Waals surface area contributed by atoms with Gasteiger partial charge in [-0.25, -0.2) is 14.5 Å². The van der Waals surface area contributed by atoms with Crippen molar-refractivity contribution in [3.63, 3.8) is 0 Å². The molecule has 3 aromatic rings. The van der Waals surface area contributed by atoms with Crippen LogP contribution in [0.1, 0.15) is 33.9 Å². The van der Waals surface area contributed by atoms with Gasteiger partial charge < -0.3 is 18.9 Å². The van der Waals surface area contributed by atoms with Crippen molar-refractivity contribution in [2.24, 2.45) is 5.41 Å². The molecule has 0 saturated carbocycles. The van der Waals surface area contributed by atoms with E-state index in [1.807, 2.05) is 75.4 Å². The van der Waals surface area contributed by atoms with Crippen molar-refractivity contribution >= 4 is 12.1 Å². The summed E-state index contributed by atoms with van der Waals surface area (Å²) in [6, 6.07) is 17.5. The van der Waals surface area contributed by atoms with Crippen LogP contribution in [-0.2, 0) is 19.0 Å². The number of aromatic nitrogens is 3. The van der Waals surface area contributed by atoms with Crippen molar-refractivity contribution in [3.8, 4) is 16.9 Å². The molecule has 10 nitrogen and oxygen atoms in total. The van der Waals surface area contributed by atoms with Crippen molar-refractivity contribution in [1.29, 1.82) is 0 Å². The average Bonchev–Trinajstić information content (AvgIpc) is 3.41. The molecular weight excluding hydrogens is 464 g/mol. The van der Waals surface area contributed by atoms with Gasteiger partial charge in [-0.15, -0.1) is 0 Å². The van der Waals surface area contributed by atoms with Crippen LogP contribution in [0.15, 0.2) is 67.3 Å². The molecular formula is C26H32N4O6. The van der Waals surface area contributed by atoms with Gasteiger partial charge in [0.05, 0.1) is 0 Å². The zero-order valence-electron chi connectivity index (χ0n) is 20.9. The summed E-state index contributed by atoms with van der Waals surface area (Å²) in [5.41, 5.74) is 1.24. The molecule has 192 valence electrons. The molecule has 2 aromatic carbocycles. The van der Waals surface area contributed by atoms with Gasteiger partial charge in [0.1, 0.15) is 31.7 Å². The third-order valence-electron chi connectivity index (χ3n) is 5.35. The molecule has 10 heteroatoms. The van der Waals surface area contributed by atoms with Crippen LogP contribution in [0.2, 0.25) is 0 Å². The summed E-state index contributed by atoms with van der Waals surface area (Å²) in [6.45, 7) is 7.15. The monoisotopic (exact) mass is 496 g/mol. The zero-order chi connectivity index (χ0) is 26.0. The maximum atomic E-state index is 12.6. The van der Waals surface area contributed by atoms with E-state index in [1.165, 1.54) is 24.3 Å². The largest absolute Gasteiger partial charge is 0.465 e. The normalized spacial score (nSPS) is 12.9. The lowest BCUT2D eigenvalue weighted by atomic mass is 9.86. The van der Waals surface area contributed by atoms with E-state index in [4.69, 9.17) is 18.9 Å². The Morgan fingerprint density at radius 3 is 2.36 bits per heavy atom. The van der Waals surface area contributed by atoms with Crippen molar-refractivity contribution < 1.29 is 28.5 Å². The topological polar surface area (TPSA) is 114 Å². The summed E-state index contributed by atoms with van der Waals surface area (Å²) < 4.78 is 24.0. The summed E-state index contributed by atoms with van der Waals surface area (Å²) in [6.07, 6.45) is 0.268. The molecule has 0 saturated heterocycles. The highest BCUT2D eigenvalue weighted by Gasteiger charge is 2.43. The predicted octanol–water partition coefficient (Wildman–Crippen LogP) is 4.20. The lowest BCUT2D eigenvalue weighted by Crippen LogP contribution is -2.47. The number of hydrogen-bond acceptors (Lipinski definition) is 8. The molecule has 0 bridgehead atoms. The van der Waals surface area contributed by atoms with Crippen LogP contribution in [0, 0.1) is 5.41 Å². The van der Waals surface area contributed by atoms with Gasteiger partial charge in [0.25, 0.3) is 0 Å². The number of nitrogens with one attached hydrogen (secondary N) is 1. The minimum absolute atomic E-state index is 0.0117. The Morgan fingerprint density at radius 1 is 1.06 bits per heavy atom. The molecule has 0 spiro atoms. The molecule has 2 atom stereocenters. The number of rotatable bonds is 12. The lowest BCUT2D eigenvalue weighted by molar-refractivity contribution is -0.151. The zero-order valence-corrected chi connectivity index (χ0v) is 20.9. The van der Waals surface area contributed by atoms with Gasteiger partial charge in [0.2, 0.25) is 6.23 Å². The van der Waals surface area contributed by atoms with E-state index in [9.17, 15) is 9.59 Å². The fourth-order valence-electron chi connectivity index (χ4n) is 3.44. The number of amides is 1. The molecule has 36 heavy (non-hydrogen) atoms. The maximum Gasteiger partial charge on any atom is 0.409 e. The van der Waals surface area contributed by atoms with E-state index in [1.54, 1.807) is 0 Å². The predicted molar refractivity (Wildman–Crippen MR) is 132 cm³/mol. The van der Waals surface area contributed by atoms with Crippen LogP contribution < -0.4 is 10.1 Å². The van der Waals surface area contributed by atoms with Gasteiger partial charge in [-0.05, 0) is 30.2 Å². The van der Waals surface area contributed by atoms with E-state index < -0.39 is 29.8 Å². The fraction of sp³-hybridized carbons (Fsp3) is 0.385. The molecule has 1 N–H and O–H groups in total. The van der Waals surface area contributed by atoms with E-state index >= 15 is 0 Å². The number of carbonyl (C=O) groups excluding carboxylic acids is 2. The molecule has 0 radical (unpaired) electrons. The molecule has 2 unspecified atom stereocenters. The maximum absolute atomic E-state index is 12.6. The summed E-state index contributed by atoms with van der Waals surface area (Å²) in [7, 11) is 0. The van der Waals surface area contributed by atoms with Crippen molar-refractivity contribution in [2.45, 2.75) is 40.0 Å². The number of esters is 1. The molecule has 0 aliphatic rings. The van der Waals surface area contributed by atoms with Crippen LogP contribution in [0.25, 0.3) is 11.1 Å². The van der Waals surface area contributed by atoms with Gasteiger partial charge in [-0.1, -0.05) is 56.3 Å². The fourth-order valence-corrected chi connectivity index (χ4v) is 3.44. The quantitative estimate of drug-likeness (QED) is 0.225. The number of ether oxygens (including phenoxy) is 4. The molecule has 0 aliphatic heterocycles. The molecule has 0 aliphatic carbocycles. The standard InChI is InChI=1S/C26H32N4O6/c1-5-33-18-28-25(32)36-23(26(3,4)15-34-19(2)31)24(30-17-27-16-29-30)35-22-13-11-21(12-14-22)20-9-7-6-8-10-20/h6-14,16-17,23-24H,5,15,18H2,1-4H3,(H,28,32). The minimum atomic E-state index is -0.936. The van der Waals surface area contributed by atoms with Crippen LogP contribution >= 0.6 is 0 Å². The summed E-state index contributed by atoms with van der Waals surface area (Å²) >= 11 is 0. The molecule has 1 heterocycles. The second-order valence-electron chi connectivity index (χ2n) is 8.68. The summed E-state index contributed by atoms with van der Waals surface area (Å²) in [5.74, 6) is 0.0825. The highest BCUT2D eigenvalue weighted by atomic mass is 16.6. The highest BCUT2D eigenvalue weighted by molar-refractivity contribution is 5.67. The van der Waals surface area contributed by atoms with E-state index in [0.717, 1.165) is 11.1 Å². The van der Waals surface area contributed by atoms with E-state index in [-0.39, 0.29) is 13.3 Å². The Bertz CT molecular complexity index is 1090. The summed E-state index contributed by atoms with van der Waals surface area (Å²) in [4.78, 5) is 28.2. The molecule has 1 amide bonds. The molecule has 3 rings (SSSR count). The highest BCUT2D eigenvalue weighted by Crippen LogP contribution is 2.34. The number of nitrogens with zero attached hydrogens (tertiary/aromatic N) is 3. The van der Waals surface area contributed by atoms with Crippen LogP contribution in [0.5, 0.6) is 5.75 Å². The Kier molecular flexibility index (Phi) is 9.40. The number of carbonyl (C=O) groups is 2. The van der Waals surface area contributed by atoms with Crippen molar-refractivity contribution in [3.05, 3.63) is 67.3 Å². The average molecular weight is 497 g/mol. The van der Waals surface area contributed by atoms with Crippen molar-refractivity contribution in [1.82, 2.24) is 20.1 Å². The van der Waals surface area contributed by atoms with Crippen LogP contribution in [0.3, 0.4) is 0 Å². The lowest BCUT2D eigenvalue weighted by Gasteiger charge is -2.37. The summed E-state index contributed by atoms with van der Waals surface area (Å²) in [5, 5.41) is 6.78. The third-order valence-corrected chi connectivity index (χ3v) is 5.35. The van der Waals surface area contributed by atoms with E-state index in [2.05, 4.69) is 15.4 Å². The Morgan fingerprint density at radius 2 is 1.75 bits per heavy atom. The van der Waals surface area contributed by atoms with Crippen molar-refractivity contribution in [2.75, 3.05) is 19.9 Å². The first kappa shape index (κ1) is 26.7. The minimum Gasteiger partial charge on any atom is -0.465 e. The van der Waals surface area contributed by atoms with Crippen LogP contribution in [0.4, 0.5) is 4.79 Å². The first-order valence-corrected chi connectivity index (χ1v) is 11.6. The van der Waals surface area contributed by atoms with Gasteiger partial charge in [0, 0.05) is 18.9 Å².